The van der Waals surface area contributed by atoms with Gasteiger partial charge in [-0.05, 0) is 18.4 Å². The van der Waals surface area contributed by atoms with Gasteiger partial charge in [-0.3, -0.25) is 0 Å². The van der Waals surface area contributed by atoms with Crippen LogP contribution in [0.3, 0.4) is 0 Å². The number of thiol groups is 1. The molecule has 0 radical (unpaired) electrons. The van der Waals surface area contributed by atoms with Crippen LogP contribution in [0.15, 0.2) is 0 Å². The van der Waals surface area contributed by atoms with Crippen LogP contribution in [0.5, 0.6) is 0 Å². The van der Waals surface area contributed by atoms with Crippen LogP contribution in [0, 0.1) is 0 Å². The molecule has 50 valence electrons. The molecule has 1 nitrogen and oxygen atoms in total. The second-order valence-electron chi connectivity index (χ2n) is 1.67. The minimum Gasteiger partial charge on any atom is -0.329 e. The minimum atomic E-state index is 0.405. The highest BCUT2D eigenvalue weighted by atomic mass is 32.2. The molecular formula is C5H13NS2. The molecule has 0 aromatic carbocycles. The number of rotatable bonds is 4. The molecule has 0 unspecified atom stereocenters. The van der Waals surface area contributed by atoms with Crippen LogP contribution in [0.1, 0.15) is 6.42 Å². The maximum absolute atomic E-state index is 5.33. The van der Waals surface area contributed by atoms with Gasteiger partial charge < -0.3 is 5.73 Å². The largest absolute Gasteiger partial charge is 0.329 e. The van der Waals surface area contributed by atoms with Gasteiger partial charge >= 0.3 is 0 Å². The summed E-state index contributed by atoms with van der Waals surface area (Å²) < 4.78 is 0. The van der Waals surface area contributed by atoms with Crippen LogP contribution in [0.25, 0.3) is 0 Å². The van der Waals surface area contributed by atoms with Gasteiger partial charge in [0, 0.05) is 11.8 Å². The molecule has 0 saturated heterocycles. The first-order valence-corrected chi connectivity index (χ1v) is 4.59. The van der Waals surface area contributed by atoms with Gasteiger partial charge in [0.05, 0.1) is 0 Å². The Kier molecular flexibility index (Phi) is 6.27. The van der Waals surface area contributed by atoms with Gasteiger partial charge in [-0.15, -0.1) is 0 Å². The monoisotopic (exact) mass is 151 g/mol. The van der Waals surface area contributed by atoms with E-state index in [1.54, 1.807) is 0 Å². The van der Waals surface area contributed by atoms with Crippen LogP contribution in [0.2, 0.25) is 0 Å². The lowest BCUT2D eigenvalue weighted by atomic mass is 10.3. The van der Waals surface area contributed by atoms with E-state index in [2.05, 4.69) is 18.9 Å². The van der Waals surface area contributed by atoms with Crippen molar-refractivity contribution in [1.82, 2.24) is 0 Å². The van der Waals surface area contributed by atoms with Gasteiger partial charge in [0.25, 0.3) is 0 Å². The number of nitrogens with two attached hydrogens (primary N) is 1. The minimum absolute atomic E-state index is 0.405. The first kappa shape index (κ1) is 8.66. The third kappa shape index (κ3) is 4.81. The average Bonchev–Trinajstić information content (AvgIpc) is 1.83. The summed E-state index contributed by atoms with van der Waals surface area (Å²) >= 11 is 6.07. The van der Waals surface area contributed by atoms with Crippen molar-refractivity contribution < 1.29 is 0 Å². The van der Waals surface area contributed by atoms with Gasteiger partial charge in [-0.1, -0.05) is 0 Å². The molecule has 0 aromatic heterocycles. The summed E-state index contributed by atoms with van der Waals surface area (Å²) in [5, 5.41) is 0.405. The second kappa shape index (κ2) is 5.79. The highest BCUT2D eigenvalue weighted by Gasteiger charge is 1.96. The summed E-state index contributed by atoms with van der Waals surface area (Å²) in [6, 6.07) is 0. The summed E-state index contributed by atoms with van der Waals surface area (Å²) in [4.78, 5) is 0. The third-order valence-corrected chi connectivity index (χ3v) is 2.04. The van der Waals surface area contributed by atoms with Crippen LogP contribution < -0.4 is 5.73 Å². The first-order valence-electron chi connectivity index (χ1n) is 2.68. The molecule has 2 N–H and O–H groups in total. The lowest BCUT2D eigenvalue weighted by molar-refractivity contribution is 0.841. The second-order valence-corrected chi connectivity index (χ2v) is 3.39. The molecule has 0 heterocycles. The third-order valence-electron chi connectivity index (χ3n) is 0.927. The van der Waals surface area contributed by atoms with E-state index < -0.39 is 0 Å². The van der Waals surface area contributed by atoms with E-state index in [9.17, 15) is 0 Å². The standard InChI is InChI=1S/C5H13NS2/c1-8-3-2-5(7)4-6/h5,7H,2-4,6H2,1H3/t5-/m1/s1. The Hall–Kier alpha value is 0.660. The van der Waals surface area contributed by atoms with Crippen LogP contribution in [0.4, 0.5) is 0 Å². The zero-order chi connectivity index (χ0) is 6.41. The lowest BCUT2D eigenvalue weighted by Gasteiger charge is -2.03. The fourth-order valence-electron chi connectivity index (χ4n) is 0.372. The van der Waals surface area contributed by atoms with Crippen molar-refractivity contribution in [1.29, 1.82) is 0 Å². The van der Waals surface area contributed by atoms with Crippen molar-refractivity contribution in [2.45, 2.75) is 11.7 Å². The molecule has 3 heteroatoms. The summed E-state index contributed by atoms with van der Waals surface area (Å²) in [5.41, 5.74) is 5.33. The predicted molar refractivity (Wildman–Crippen MR) is 44.8 cm³/mol. The van der Waals surface area contributed by atoms with E-state index in [4.69, 9.17) is 5.73 Å². The SMILES string of the molecule is CSCC[C@@H](S)CN. The van der Waals surface area contributed by atoms with E-state index in [-0.39, 0.29) is 0 Å². The van der Waals surface area contributed by atoms with E-state index in [0.29, 0.717) is 11.8 Å². The molecule has 0 aliphatic heterocycles. The van der Waals surface area contributed by atoms with Gasteiger partial charge in [0.2, 0.25) is 0 Å². The van der Waals surface area contributed by atoms with Crippen molar-refractivity contribution in [2.24, 2.45) is 5.73 Å². The van der Waals surface area contributed by atoms with Gasteiger partial charge in [0.1, 0.15) is 0 Å². The van der Waals surface area contributed by atoms with E-state index >= 15 is 0 Å². The molecule has 1 atom stereocenters. The van der Waals surface area contributed by atoms with E-state index in [0.717, 1.165) is 6.42 Å². The molecule has 0 rings (SSSR count). The summed E-state index contributed by atoms with van der Waals surface area (Å²) in [7, 11) is 0. The summed E-state index contributed by atoms with van der Waals surface area (Å²) in [6.45, 7) is 0.698. The molecule has 0 aliphatic rings. The van der Waals surface area contributed by atoms with E-state index in [1.807, 2.05) is 11.8 Å². The van der Waals surface area contributed by atoms with Crippen LogP contribution in [-0.4, -0.2) is 23.8 Å². The van der Waals surface area contributed by atoms with Crippen LogP contribution >= 0.6 is 24.4 Å². The molecule has 8 heavy (non-hydrogen) atoms. The van der Waals surface area contributed by atoms with Crippen molar-refractivity contribution in [3.05, 3.63) is 0 Å². The zero-order valence-corrected chi connectivity index (χ0v) is 6.84. The maximum atomic E-state index is 5.33. The molecule has 0 bridgehead atoms. The molecule has 0 fully saturated rings. The lowest BCUT2D eigenvalue weighted by Crippen LogP contribution is -2.14. The fourth-order valence-corrected chi connectivity index (χ4v) is 1.20. The maximum Gasteiger partial charge on any atom is 0.0147 e. The Bertz CT molecular complexity index is 49.7. The Balaban J connectivity index is 2.86. The molecule has 0 saturated carbocycles. The summed E-state index contributed by atoms with van der Waals surface area (Å²) in [5.74, 6) is 1.17. The average molecular weight is 151 g/mol. The highest BCUT2D eigenvalue weighted by molar-refractivity contribution is 7.98. The number of thioether (sulfide) groups is 1. The molecule has 0 spiro atoms. The summed E-state index contributed by atoms with van der Waals surface area (Å²) in [6.07, 6.45) is 3.22. The Morgan fingerprint density at radius 2 is 2.38 bits per heavy atom. The molecule has 0 aromatic rings. The smallest absolute Gasteiger partial charge is 0.0147 e. The quantitative estimate of drug-likeness (QED) is 0.586. The first-order chi connectivity index (χ1) is 3.81. The van der Waals surface area contributed by atoms with Crippen molar-refractivity contribution >= 4 is 24.4 Å². The van der Waals surface area contributed by atoms with E-state index in [1.165, 1.54) is 5.75 Å². The highest BCUT2D eigenvalue weighted by Crippen LogP contribution is 2.03. The topological polar surface area (TPSA) is 26.0 Å². The normalized spacial score (nSPS) is 13.9. The fraction of sp³-hybridized carbons (Fsp3) is 1.00. The van der Waals surface area contributed by atoms with Crippen molar-refractivity contribution in [2.75, 3.05) is 18.6 Å². The predicted octanol–water partition coefficient (Wildman–Crippen LogP) is 0.997. The van der Waals surface area contributed by atoms with Crippen LogP contribution in [-0.2, 0) is 0 Å². The molecule has 0 aliphatic carbocycles. The van der Waals surface area contributed by atoms with Gasteiger partial charge in [0.15, 0.2) is 0 Å². The van der Waals surface area contributed by atoms with Crippen molar-refractivity contribution in [3.63, 3.8) is 0 Å². The Labute approximate surface area is 60.8 Å². The number of hydrogen-bond donors (Lipinski definition) is 2. The molecular weight excluding hydrogens is 138 g/mol. The Morgan fingerprint density at radius 3 is 2.75 bits per heavy atom. The van der Waals surface area contributed by atoms with Gasteiger partial charge in [-0.2, -0.15) is 24.4 Å². The Morgan fingerprint density at radius 1 is 1.75 bits per heavy atom. The zero-order valence-electron chi connectivity index (χ0n) is 5.13. The number of hydrogen-bond acceptors (Lipinski definition) is 3. The van der Waals surface area contributed by atoms with Gasteiger partial charge in [-0.25, -0.2) is 0 Å². The molecule has 0 amide bonds. The van der Waals surface area contributed by atoms with Crippen molar-refractivity contribution in [3.8, 4) is 0 Å².